The van der Waals surface area contributed by atoms with Crippen LogP contribution in [0.1, 0.15) is 11.7 Å². The molecule has 11 nitrogen and oxygen atoms in total. The fraction of sp³-hybridized carbons (Fsp3) is 0.350. The zero-order chi connectivity index (χ0) is 25.3. The molecule has 5 atom stereocenters. The first kappa shape index (κ1) is 24.8. The van der Waals surface area contributed by atoms with Gasteiger partial charge in [-0.3, -0.25) is 0 Å². The number of halogens is 3. The standard InChI is InChI=1S/C20H17F3N6O5S/c1-33-13-4-15(27-25-11(13)5-24)35-20-19(32)17(18(31)14(7-30)34-20)29-6-12(26-28-29)8-2-9(21)16(23)10(22)3-8/h2-4,6,14,17-20,30-32H,7H2,1H3/t14?,17?,18-,19-,20+/m0/s1. The summed E-state index contributed by atoms with van der Waals surface area (Å²) in [6.45, 7) is -0.611. The summed E-state index contributed by atoms with van der Waals surface area (Å²) in [5.74, 6) is -4.33. The number of benzene rings is 1. The van der Waals surface area contributed by atoms with Gasteiger partial charge >= 0.3 is 0 Å². The number of methoxy groups -OCH3 is 1. The van der Waals surface area contributed by atoms with E-state index in [1.54, 1.807) is 0 Å². The maximum Gasteiger partial charge on any atom is 0.204 e. The van der Waals surface area contributed by atoms with E-state index in [-0.39, 0.29) is 27.7 Å². The van der Waals surface area contributed by atoms with Gasteiger partial charge in [0, 0.05) is 11.6 Å². The van der Waals surface area contributed by atoms with E-state index in [0.717, 1.165) is 28.6 Å². The van der Waals surface area contributed by atoms with Crippen molar-refractivity contribution in [2.45, 2.75) is 34.8 Å². The second kappa shape index (κ2) is 10.1. The van der Waals surface area contributed by atoms with Gasteiger partial charge in [0.2, 0.25) is 5.69 Å². The normalized spacial score (nSPS) is 24.2. The molecule has 1 aliphatic heterocycles. The molecule has 1 fully saturated rings. The molecular formula is C20H17F3N6O5S. The predicted octanol–water partition coefficient (Wildman–Crippen LogP) is 0.805. The van der Waals surface area contributed by atoms with Gasteiger partial charge in [0.05, 0.1) is 19.9 Å². The lowest BCUT2D eigenvalue weighted by molar-refractivity contribution is -0.178. The van der Waals surface area contributed by atoms with E-state index in [9.17, 15) is 28.5 Å². The number of aromatic nitrogens is 5. The molecule has 2 aromatic heterocycles. The second-order valence-corrected chi connectivity index (χ2v) is 8.48. The molecule has 0 radical (unpaired) electrons. The summed E-state index contributed by atoms with van der Waals surface area (Å²) >= 11 is 0.890. The van der Waals surface area contributed by atoms with Gasteiger partial charge in [0.15, 0.2) is 23.2 Å². The minimum atomic E-state index is -1.63. The maximum absolute atomic E-state index is 13.6. The average Bonchev–Trinajstić information content (AvgIpc) is 3.33. The van der Waals surface area contributed by atoms with Crippen LogP contribution in [0.25, 0.3) is 11.3 Å². The van der Waals surface area contributed by atoms with Crippen LogP contribution in [0, 0.1) is 28.8 Å². The molecule has 1 aromatic carbocycles. The molecule has 2 unspecified atom stereocenters. The molecule has 15 heteroatoms. The largest absolute Gasteiger partial charge is 0.494 e. The number of aliphatic hydroxyl groups is 3. The Labute approximate surface area is 199 Å². The van der Waals surface area contributed by atoms with Gasteiger partial charge in [-0.25, -0.2) is 17.9 Å². The number of ether oxygens (including phenoxy) is 2. The highest BCUT2D eigenvalue weighted by Gasteiger charge is 2.46. The number of thioether (sulfide) groups is 1. The molecule has 0 amide bonds. The summed E-state index contributed by atoms with van der Waals surface area (Å²) in [7, 11) is 1.34. The first-order valence-corrected chi connectivity index (χ1v) is 10.8. The van der Waals surface area contributed by atoms with Crippen LogP contribution in [0.5, 0.6) is 5.75 Å². The predicted molar refractivity (Wildman–Crippen MR) is 111 cm³/mol. The van der Waals surface area contributed by atoms with E-state index in [2.05, 4.69) is 20.5 Å². The highest BCUT2D eigenvalue weighted by Crippen LogP contribution is 2.38. The molecule has 0 bridgehead atoms. The number of hydrogen-bond acceptors (Lipinski definition) is 11. The Balaban J connectivity index is 1.63. The van der Waals surface area contributed by atoms with Gasteiger partial charge in [-0.15, -0.1) is 15.3 Å². The van der Waals surface area contributed by atoms with E-state index in [4.69, 9.17) is 14.7 Å². The van der Waals surface area contributed by atoms with Crippen LogP contribution >= 0.6 is 11.8 Å². The number of aliphatic hydroxyl groups excluding tert-OH is 3. The van der Waals surface area contributed by atoms with Crippen molar-refractivity contribution in [2.75, 3.05) is 13.7 Å². The van der Waals surface area contributed by atoms with Crippen molar-refractivity contribution < 1.29 is 38.0 Å². The first-order valence-electron chi connectivity index (χ1n) is 9.95. The molecule has 0 spiro atoms. The summed E-state index contributed by atoms with van der Waals surface area (Å²) in [5.41, 5.74) is -1.32. The van der Waals surface area contributed by atoms with Crippen molar-refractivity contribution in [3.8, 4) is 23.1 Å². The Bertz CT molecular complexity index is 1250. The summed E-state index contributed by atoms with van der Waals surface area (Å²) in [4.78, 5) is 0. The number of nitrogens with zero attached hydrogens (tertiary/aromatic N) is 6. The maximum atomic E-state index is 13.6. The molecule has 1 aliphatic rings. The van der Waals surface area contributed by atoms with Crippen LogP contribution in [0.15, 0.2) is 29.4 Å². The van der Waals surface area contributed by atoms with Crippen molar-refractivity contribution >= 4 is 11.8 Å². The monoisotopic (exact) mass is 510 g/mol. The van der Waals surface area contributed by atoms with E-state index in [1.807, 2.05) is 6.07 Å². The van der Waals surface area contributed by atoms with Crippen LogP contribution in [0.3, 0.4) is 0 Å². The third-order valence-electron chi connectivity index (χ3n) is 5.24. The van der Waals surface area contributed by atoms with Crippen LogP contribution in [0.4, 0.5) is 13.2 Å². The van der Waals surface area contributed by atoms with E-state index in [1.165, 1.54) is 19.4 Å². The van der Waals surface area contributed by atoms with Crippen molar-refractivity contribution in [1.29, 1.82) is 5.26 Å². The number of hydrogen-bond donors (Lipinski definition) is 3. The quantitative estimate of drug-likeness (QED) is 0.403. The molecule has 4 rings (SSSR count). The topological polar surface area (TPSA) is 159 Å². The van der Waals surface area contributed by atoms with Gasteiger partial charge in [-0.1, -0.05) is 17.0 Å². The van der Waals surface area contributed by atoms with Crippen molar-refractivity contribution in [3.05, 3.63) is 47.5 Å². The molecule has 3 N–H and O–H groups in total. The SMILES string of the molecule is COc1cc(S[C@H]2OC(CO)[C@H](O)C(n3cc(-c4cc(F)c(F)c(F)c4)nn3)[C@@H]2O)nnc1C#N. The minimum absolute atomic E-state index is 0.0488. The Kier molecular flexibility index (Phi) is 7.19. The summed E-state index contributed by atoms with van der Waals surface area (Å²) in [6, 6.07) is 3.49. The van der Waals surface area contributed by atoms with Crippen molar-refractivity contribution in [3.63, 3.8) is 0 Å². The van der Waals surface area contributed by atoms with E-state index < -0.39 is 53.8 Å². The molecule has 1 saturated heterocycles. The zero-order valence-electron chi connectivity index (χ0n) is 17.8. The fourth-order valence-electron chi connectivity index (χ4n) is 3.50. The smallest absolute Gasteiger partial charge is 0.204 e. The lowest BCUT2D eigenvalue weighted by Crippen LogP contribution is -2.55. The third-order valence-corrected chi connectivity index (χ3v) is 6.31. The van der Waals surface area contributed by atoms with Gasteiger partial charge in [-0.2, -0.15) is 5.26 Å². The van der Waals surface area contributed by atoms with E-state index >= 15 is 0 Å². The lowest BCUT2D eigenvalue weighted by Gasteiger charge is -2.41. The van der Waals surface area contributed by atoms with Gasteiger partial charge in [0.1, 0.15) is 46.6 Å². The number of rotatable bonds is 6. The Morgan fingerprint density at radius 3 is 2.49 bits per heavy atom. The molecular weight excluding hydrogens is 493 g/mol. The van der Waals surface area contributed by atoms with Crippen LogP contribution in [-0.2, 0) is 4.74 Å². The Morgan fingerprint density at radius 1 is 1.14 bits per heavy atom. The zero-order valence-corrected chi connectivity index (χ0v) is 18.6. The number of nitriles is 1. The van der Waals surface area contributed by atoms with Crippen LogP contribution < -0.4 is 4.74 Å². The van der Waals surface area contributed by atoms with Crippen LogP contribution in [-0.4, -0.2) is 78.0 Å². The van der Waals surface area contributed by atoms with Crippen LogP contribution in [0.2, 0.25) is 0 Å². The molecule has 3 aromatic rings. The molecule has 35 heavy (non-hydrogen) atoms. The highest BCUT2D eigenvalue weighted by molar-refractivity contribution is 7.99. The Hall–Kier alpha value is -3.29. The summed E-state index contributed by atoms with van der Waals surface area (Å²) in [6.07, 6.45) is -2.85. The highest BCUT2D eigenvalue weighted by atomic mass is 32.2. The second-order valence-electron chi connectivity index (χ2n) is 7.36. The summed E-state index contributed by atoms with van der Waals surface area (Å²) in [5, 5.41) is 55.9. The fourth-order valence-corrected chi connectivity index (χ4v) is 4.50. The molecule has 3 heterocycles. The van der Waals surface area contributed by atoms with Crippen molar-refractivity contribution in [1.82, 2.24) is 25.2 Å². The van der Waals surface area contributed by atoms with E-state index in [0.29, 0.717) is 0 Å². The van der Waals surface area contributed by atoms with Gasteiger partial charge < -0.3 is 24.8 Å². The third kappa shape index (κ3) is 4.79. The molecule has 184 valence electrons. The minimum Gasteiger partial charge on any atom is -0.494 e. The summed E-state index contributed by atoms with van der Waals surface area (Å²) < 4.78 is 52.3. The lowest BCUT2D eigenvalue weighted by atomic mass is 9.97. The first-order chi connectivity index (χ1) is 16.8. The average molecular weight is 510 g/mol. The Morgan fingerprint density at radius 2 is 1.86 bits per heavy atom. The molecule has 0 aliphatic carbocycles. The molecule has 0 saturated carbocycles. The van der Waals surface area contributed by atoms with Gasteiger partial charge in [-0.05, 0) is 12.1 Å². The van der Waals surface area contributed by atoms with Crippen molar-refractivity contribution in [2.24, 2.45) is 0 Å². The van der Waals surface area contributed by atoms with Gasteiger partial charge in [0.25, 0.3) is 0 Å².